The van der Waals surface area contributed by atoms with Crippen LogP contribution < -0.4 is 10.1 Å². The predicted molar refractivity (Wildman–Crippen MR) is 99.4 cm³/mol. The lowest BCUT2D eigenvalue weighted by Crippen LogP contribution is -2.20. The summed E-state index contributed by atoms with van der Waals surface area (Å²) in [7, 11) is 1.41. The molecule has 0 spiro atoms. The number of hydrogen-bond acceptors (Lipinski definition) is 6. The quantitative estimate of drug-likeness (QED) is 0.583. The molecule has 2 rings (SSSR count). The summed E-state index contributed by atoms with van der Waals surface area (Å²) < 4.78 is 9.82. The van der Waals surface area contributed by atoms with Crippen LogP contribution in [0.25, 0.3) is 6.08 Å². The minimum Gasteiger partial charge on any atom is -0.504 e. The van der Waals surface area contributed by atoms with Gasteiger partial charge in [0.15, 0.2) is 18.1 Å². The highest BCUT2D eigenvalue weighted by atomic mass is 35.5. The number of amides is 1. The van der Waals surface area contributed by atoms with Gasteiger partial charge in [-0.2, -0.15) is 5.26 Å². The fourth-order valence-electron chi connectivity index (χ4n) is 2.05. The van der Waals surface area contributed by atoms with Crippen LogP contribution in [0.5, 0.6) is 11.5 Å². The van der Waals surface area contributed by atoms with Crippen LogP contribution in [-0.2, 0) is 14.3 Å². The van der Waals surface area contributed by atoms with E-state index in [0.29, 0.717) is 10.6 Å². The molecule has 27 heavy (non-hydrogen) atoms. The Kier molecular flexibility index (Phi) is 6.80. The van der Waals surface area contributed by atoms with Gasteiger partial charge < -0.3 is 19.9 Å². The third-order valence-electron chi connectivity index (χ3n) is 3.34. The minimum atomic E-state index is -0.733. The summed E-state index contributed by atoms with van der Waals surface area (Å²) in [6.07, 6.45) is 2.59. The first-order valence-corrected chi connectivity index (χ1v) is 8.02. The number of methoxy groups -OCH3 is 1. The largest absolute Gasteiger partial charge is 0.504 e. The first kappa shape index (κ1) is 19.8. The van der Waals surface area contributed by atoms with Crippen LogP contribution in [0.3, 0.4) is 0 Å². The van der Waals surface area contributed by atoms with Crippen molar-refractivity contribution in [3.63, 3.8) is 0 Å². The fraction of sp³-hybridized carbons (Fsp3) is 0.105. The van der Waals surface area contributed by atoms with Gasteiger partial charge in [-0.15, -0.1) is 0 Å². The van der Waals surface area contributed by atoms with Gasteiger partial charge in [0.1, 0.15) is 6.07 Å². The number of nitriles is 1. The lowest BCUT2D eigenvalue weighted by atomic mass is 10.2. The summed E-state index contributed by atoms with van der Waals surface area (Å²) in [5, 5.41) is 21.3. The number of esters is 1. The highest BCUT2D eigenvalue weighted by molar-refractivity contribution is 6.31. The van der Waals surface area contributed by atoms with Crippen molar-refractivity contribution >= 4 is 35.2 Å². The molecule has 138 valence electrons. The number of nitrogens with zero attached hydrogens (tertiary/aromatic N) is 1. The number of carbonyl (C=O) groups is 2. The van der Waals surface area contributed by atoms with Crippen molar-refractivity contribution in [1.82, 2.24) is 0 Å². The van der Waals surface area contributed by atoms with Crippen LogP contribution in [-0.4, -0.2) is 30.7 Å². The first-order valence-electron chi connectivity index (χ1n) is 7.64. The molecule has 0 atom stereocenters. The lowest BCUT2D eigenvalue weighted by Gasteiger charge is -2.07. The molecular weight excluding hydrogens is 372 g/mol. The van der Waals surface area contributed by atoms with E-state index in [-0.39, 0.29) is 22.7 Å². The van der Waals surface area contributed by atoms with Gasteiger partial charge in [0.25, 0.3) is 5.91 Å². The number of phenolic OH excluding ortho intramolecular Hbond substituents is 1. The number of halogens is 1. The SMILES string of the molecule is COc1cc(C=CC(=O)OCC(=O)Nc2cc(Cl)ccc2C#N)ccc1O. The molecule has 0 bridgehead atoms. The van der Waals surface area contributed by atoms with E-state index in [4.69, 9.17) is 26.3 Å². The molecule has 2 aromatic carbocycles. The monoisotopic (exact) mass is 386 g/mol. The van der Waals surface area contributed by atoms with Gasteiger partial charge in [0.2, 0.25) is 0 Å². The predicted octanol–water partition coefficient (Wildman–Crippen LogP) is 3.12. The number of anilines is 1. The van der Waals surface area contributed by atoms with Gasteiger partial charge in [-0.3, -0.25) is 4.79 Å². The van der Waals surface area contributed by atoms with E-state index in [0.717, 1.165) is 6.08 Å². The van der Waals surface area contributed by atoms with Crippen molar-refractivity contribution in [3.8, 4) is 17.6 Å². The zero-order valence-electron chi connectivity index (χ0n) is 14.2. The highest BCUT2D eigenvalue weighted by Gasteiger charge is 2.10. The maximum atomic E-state index is 11.9. The summed E-state index contributed by atoms with van der Waals surface area (Å²) >= 11 is 5.84. The maximum Gasteiger partial charge on any atom is 0.331 e. The van der Waals surface area contributed by atoms with E-state index in [9.17, 15) is 14.7 Å². The molecule has 0 radical (unpaired) electrons. The van der Waals surface area contributed by atoms with Crippen molar-refractivity contribution < 1.29 is 24.2 Å². The number of nitrogens with one attached hydrogen (secondary N) is 1. The number of carbonyl (C=O) groups excluding carboxylic acids is 2. The minimum absolute atomic E-state index is 0.0216. The lowest BCUT2D eigenvalue weighted by molar-refractivity contribution is -0.142. The molecule has 0 heterocycles. The second kappa shape index (κ2) is 9.27. The number of phenols is 1. The zero-order valence-corrected chi connectivity index (χ0v) is 15.0. The van der Waals surface area contributed by atoms with E-state index in [1.54, 1.807) is 6.07 Å². The summed E-state index contributed by atoms with van der Waals surface area (Å²) in [5.41, 5.74) is 1.07. The van der Waals surface area contributed by atoms with Crippen molar-refractivity contribution in [2.45, 2.75) is 0 Å². The second-order valence-corrected chi connectivity index (χ2v) is 5.66. The number of hydrogen-bond donors (Lipinski definition) is 2. The molecule has 0 unspecified atom stereocenters. The first-order chi connectivity index (χ1) is 12.9. The van der Waals surface area contributed by atoms with Crippen LogP contribution in [0.1, 0.15) is 11.1 Å². The van der Waals surface area contributed by atoms with Gasteiger partial charge in [-0.1, -0.05) is 17.7 Å². The summed E-state index contributed by atoms with van der Waals surface area (Å²) in [6.45, 7) is -0.528. The van der Waals surface area contributed by atoms with Crippen molar-refractivity contribution in [1.29, 1.82) is 5.26 Å². The van der Waals surface area contributed by atoms with Crippen LogP contribution >= 0.6 is 11.6 Å². The van der Waals surface area contributed by atoms with Crippen LogP contribution in [0, 0.1) is 11.3 Å². The fourth-order valence-corrected chi connectivity index (χ4v) is 2.22. The topological polar surface area (TPSA) is 109 Å². The van der Waals surface area contributed by atoms with Crippen molar-refractivity contribution in [3.05, 3.63) is 58.6 Å². The van der Waals surface area contributed by atoms with Crippen molar-refractivity contribution in [2.75, 3.05) is 19.0 Å². The molecule has 0 aromatic heterocycles. The van der Waals surface area contributed by atoms with Crippen LogP contribution in [0.4, 0.5) is 5.69 Å². The second-order valence-electron chi connectivity index (χ2n) is 5.22. The Morgan fingerprint density at radius 3 is 2.78 bits per heavy atom. The standard InChI is InChI=1S/C19H15ClN2O5/c1-26-17-8-12(2-6-16(17)23)3-7-19(25)27-11-18(24)22-15-9-14(20)5-4-13(15)10-21/h2-9,23H,11H2,1H3,(H,22,24). The Morgan fingerprint density at radius 1 is 1.30 bits per heavy atom. The molecule has 8 heteroatoms. The third-order valence-corrected chi connectivity index (χ3v) is 3.57. The molecule has 2 aromatic rings. The van der Waals surface area contributed by atoms with Gasteiger partial charge in [-0.05, 0) is 42.0 Å². The molecule has 0 aliphatic rings. The van der Waals surface area contributed by atoms with E-state index < -0.39 is 18.5 Å². The van der Waals surface area contributed by atoms with Crippen LogP contribution in [0.15, 0.2) is 42.5 Å². The van der Waals surface area contributed by atoms with Crippen LogP contribution in [0.2, 0.25) is 5.02 Å². The van der Waals surface area contributed by atoms with Gasteiger partial charge >= 0.3 is 5.97 Å². The van der Waals surface area contributed by atoms with E-state index in [1.165, 1.54) is 43.5 Å². The van der Waals surface area contributed by atoms with E-state index >= 15 is 0 Å². The highest BCUT2D eigenvalue weighted by Crippen LogP contribution is 2.26. The number of ether oxygens (including phenoxy) is 2. The number of aromatic hydroxyl groups is 1. The third kappa shape index (κ3) is 5.76. The zero-order chi connectivity index (χ0) is 19.8. The van der Waals surface area contributed by atoms with E-state index in [2.05, 4.69) is 5.32 Å². The molecule has 7 nitrogen and oxygen atoms in total. The summed E-state index contributed by atoms with van der Waals surface area (Å²) in [4.78, 5) is 23.6. The van der Waals surface area contributed by atoms with E-state index in [1.807, 2.05) is 6.07 Å². The molecule has 0 saturated heterocycles. The van der Waals surface area contributed by atoms with Gasteiger partial charge in [-0.25, -0.2) is 4.79 Å². The average Bonchev–Trinajstić information content (AvgIpc) is 2.66. The molecular formula is C19H15ClN2O5. The summed E-state index contributed by atoms with van der Waals surface area (Å²) in [6, 6.07) is 10.9. The number of benzene rings is 2. The Hall–Kier alpha value is -3.50. The molecule has 0 fully saturated rings. The molecule has 0 saturated carbocycles. The van der Waals surface area contributed by atoms with Gasteiger partial charge in [0.05, 0.1) is 18.4 Å². The molecule has 0 aliphatic heterocycles. The van der Waals surface area contributed by atoms with Gasteiger partial charge in [0, 0.05) is 11.1 Å². The smallest absolute Gasteiger partial charge is 0.331 e. The maximum absolute atomic E-state index is 11.9. The summed E-state index contributed by atoms with van der Waals surface area (Å²) in [5.74, 6) is -1.10. The average molecular weight is 387 g/mol. The molecule has 2 N–H and O–H groups in total. The Morgan fingerprint density at radius 2 is 2.07 bits per heavy atom. The molecule has 0 aliphatic carbocycles. The Balaban J connectivity index is 1.91. The number of rotatable bonds is 6. The Labute approximate surface area is 160 Å². The van der Waals surface area contributed by atoms with Crippen molar-refractivity contribution in [2.24, 2.45) is 0 Å². The normalized spacial score (nSPS) is 10.3. The Bertz CT molecular complexity index is 934. The molecule has 1 amide bonds.